The van der Waals surface area contributed by atoms with E-state index in [1.165, 1.54) is 20.8 Å². The minimum atomic E-state index is 1.05. The van der Waals surface area contributed by atoms with Crippen LogP contribution in [0.15, 0.2) is 24.3 Å². The normalized spacial score (nSPS) is 10.0. The zero-order valence-electron chi connectivity index (χ0n) is 7.72. The summed E-state index contributed by atoms with van der Waals surface area (Å²) in [5.41, 5.74) is 1.23. The summed E-state index contributed by atoms with van der Waals surface area (Å²) in [7, 11) is 0. The maximum atomic E-state index is 3.39. The minimum Gasteiger partial charge on any atom is -0.384 e. The molecule has 0 atom stereocenters. The summed E-state index contributed by atoms with van der Waals surface area (Å²) in [5, 5.41) is 3.39. The second-order valence-corrected chi connectivity index (χ2v) is 5.27. The van der Waals surface area contributed by atoms with Crippen LogP contribution in [0.5, 0.6) is 0 Å². The van der Waals surface area contributed by atoms with Crippen LogP contribution < -0.4 is 5.32 Å². The van der Waals surface area contributed by atoms with Gasteiger partial charge < -0.3 is 5.32 Å². The first-order chi connectivity index (χ1) is 6.33. The van der Waals surface area contributed by atoms with E-state index in [0.717, 1.165) is 6.54 Å². The molecule has 3 heteroatoms. The summed E-state index contributed by atoms with van der Waals surface area (Å²) in [4.78, 5) is 0. The standard InChI is InChI=1S/C10H14INS/c1-2-13-7-6-12-10-5-3-4-9(11)8-10/h3-5,8,12H,2,6-7H2,1H3. The largest absolute Gasteiger partial charge is 0.384 e. The molecule has 0 aliphatic carbocycles. The van der Waals surface area contributed by atoms with Crippen molar-refractivity contribution in [3.05, 3.63) is 27.8 Å². The molecule has 13 heavy (non-hydrogen) atoms. The summed E-state index contributed by atoms with van der Waals surface area (Å²) in [5.74, 6) is 2.38. The third-order valence-corrected chi connectivity index (χ3v) is 3.18. The van der Waals surface area contributed by atoms with Crippen LogP contribution in [0.2, 0.25) is 0 Å². The van der Waals surface area contributed by atoms with Gasteiger partial charge in [0.05, 0.1) is 0 Å². The molecule has 0 radical (unpaired) electrons. The van der Waals surface area contributed by atoms with Crippen LogP contribution in [0.25, 0.3) is 0 Å². The van der Waals surface area contributed by atoms with E-state index in [9.17, 15) is 0 Å². The molecule has 1 aromatic rings. The van der Waals surface area contributed by atoms with Crippen molar-refractivity contribution in [1.29, 1.82) is 0 Å². The minimum absolute atomic E-state index is 1.05. The van der Waals surface area contributed by atoms with E-state index in [-0.39, 0.29) is 0 Å². The summed E-state index contributed by atoms with van der Waals surface area (Å²) in [6, 6.07) is 8.46. The molecule has 72 valence electrons. The number of nitrogens with one attached hydrogen (secondary N) is 1. The number of anilines is 1. The van der Waals surface area contributed by atoms with Crippen LogP contribution in [0.3, 0.4) is 0 Å². The zero-order chi connectivity index (χ0) is 9.52. The van der Waals surface area contributed by atoms with Crippen LogP contribution in [-0.4, -0.2) is 18.1 Å². The second kappa shape index (κ2) is 6.54. The first kappa shape index (κ1) is 11.2. The molecule has 1 N–H and O–H groups in total. The van der Waals surface area contributed by atoms with Gasteiger partial charge in [0.15, 0.2) is 0 Å². The van der Waals surface area contributed by atoms with Gasteiger partial charge in [-0.05, 0) is 46.5 Å². The van der Waals surface area contributed by atoms with E-state index in [4.69, 9.17) is 0 Å². The van der Waals surface area contributed by atoms with Crippen molar-refractivity contribution in [2.75, 3.05) is 23.4 Å². The maximum absolute atomic E-state index is 3.39. The monoisotopic (exact) mass is 307 g/mol. The van der Waals surface area contributed by atoms with E-state index >= 15 is 0 Å². The Labute approximate surface area is 97.8 Å². The number of hydrogen-bond donors (Lipinski definition) is 1. The molecule has 0 fully saturated rings. The van der Waals surface area contributed by atoms with Gasteiger partial charge in [0.1, 0.15) is 0 Å². The third-order valence-electron chi connectivity index (χ3n) is 1.60. The van der Waals surface area contributed by atoms with Crippen molar-refractivity contribution in [2.45, 2.75) is 6.92 Å². The number of hydrogen-bond acceptors (Lipinski definition) is 2. The van der Waals surface area contributed by atoms with Crippen molar-refractivity contribution in [3.63, 3.8) is 0 Å². The highest BCUT2D eigenvalue weighted by atomic mass is 127. The molecule has 0 spiro atoms. The van der Waals surface area contributed by atoms with Crippen LogP contribution in [0.1, 0.15) is 6.92 Å². The molecule has 1 nitrogen and oxygen atoms in total. The van der Waals surface area contributed by atoms with Crippen LogP contribution >= 0.6 is 34.4 Å². The Morgan fingerprint density at radius 2 is 2.31 bits per heavy atom. The maximum Gasteiger partial charge on any atom is 0.0351 e. The molecule has 0 amide bonds. The van der Waals surface area contributed by atoms with E-state index in [1.54, 1.807) is 0 Å². The van der Waals surface area contributed by atoms with Crippen molar-refractivity contribution < 1.29 is 0 Å². The predicted molar refractivity (Wildman–Crippen MR) is 70.6 cm³/mol. The first-order valence-corrected chi connectivity index (χ1v) is 6.63. The first-order valence-electron chi connectivity index (χ1n) is 4.40. The van der Waals surface area contributed by atoms with Gasteiger partial charge in [-0.3, -0.25) is 0 Å². The fourth-order valence-electron chi connectivity index (χ4n) is 1.01. The van der Waals surface area contributed by atoms with Gasteiger partial charge in [-0.2, -0.15) is 11.8 Å². The average molecular weight is 307 g/mol. The van der Waals surface area contributed by atoms with Gasteiger partial charge in [-0.25, -0.2) is 0 Å². The van der Waals surface area contributed by atoms with Crippen molar-refractivity contribution in [3.8, 4) is 0 Å². The molecule has 0 aromatic heterocycles. The lowest BCUT2D eigenvalue weighted by molar-refractivity contribution is 1.22. The number of thioether (sulfide) groups is 1. The Kier molecular flexibility index (Phi) is 5.62. The van der Waals surface area contributed by atoms with E-state index in [2.05, 4.69) is 59.1 Å². The molecular formula is C10H14INS. The fraction of sp³-hybridized carbons (Fsp3) is 0.400. The van der Waals surface area contributed by atoms with E-state index in [0.29, 0.717) is 0 Å². The molecule has 0 unspecified atom stereocenters. The molecule has 0 heterocycles. The van der Waals surface area contributed by atoms with E-state index in [1.807, 2.05) is 11.8 Å². The van der Waals surface area contributed by atoms with Gasteiger partial charge in [0.2, 0.25) is 0 Å². The van der Waals surface area contributed by atoms with Gasteiger partial charge >= 0.3 is 0 Å². The second-order valence-electron chi connectivity index (χ2n) is 2.63. The van der Waals surface area contributed by atoms with Crippen LogP contribution in [-0.2, 0) is 0 Å². The molecule has 0 saturated carbocycles. The lowest BCUT2D eigenvalue weighted by Gasteiger charge is -2.05. The highest BCUT2D eigenvalue weighted by Crippen LogP contribution is 2.12. The molecular weight excluding hydrogens is 293 g/mol. The SMILES string of the molecule is CCSCCNc1cccc(I)c1. The molecule has 0 aliphatic rings. The quantitative estimate of drug-likeness (QED) is 0.660. The summed E-state index contributed by atoms with van der Waals surface area (Å²) in [6.07, 6.45) is 0. The highest BCUT2D eigenvalue weighted by Gasteiger charge is 1.91. The van der Waals surface area contributed by atoms with E-state index < -0.39 is 0 Å². The fourth-order valence-corrected chi connectivity index (χ4v) is 2.09. The van der Waals surface area contributed by atoms with Crippen LogP contribution in [0, 0.1) is 3.57 Å². The number of rotatable bonds is 5. The Morgan fingerprint density at radius 1 is 1.46 bits per heavy atom. The van der Waals surface area contributed by atoms with Crippen molar-refractivity contribution >= 4 is 40.0 Å². The molecule has 1 rings (SSSR count). The van der Waals surface area contributed by atoms with Gasteiger partial charge in [0.25, 0.3) is 0 Å². The number of benzene rings is 1. The zero-order valence-corrected chi connectivity index (χ0v) is 10.7. The Morgan fingerprint density at radius 3 is 3.00 bits per heavy atom. The lowest BCUT2D eigenvalue weighted by Crippen LogP contribution is -2.03. The molecule has 1 aromatic carbocycles. The Bertz CT molecular complexity index is 252. The van der Waals surface area contributed by atoms with Gasteiger partial charge in [-0.1, -0.05) is 13.0 Å². The molecule has 0 aliphatic heterocycles. The van der Waals surface area contributed by atoms with Crippen molar-refractivity contribution in [2.24, 2.45) is 0 Å². The molecule has 0 bridgehead atoms. The van der Waals surface area contributed by atoms with Gasteiger partial charge in [0, 0.05) is 21.6 Å². The summed E-state index contributed by atoms with van der Waals surface area (Å²) in [6.45, 7) is 3.24. The van der Waals surface area contributed by atoms with Crippen molar-refractivity contribution in [1.82, 2.24) is 0 Å². The molecule has 0 saturated heterocycles. The number of halogens is 1. The summed E-state index contributed by atoms with van der Waals surface area (Å²) >= 11 is 4.30. The van der Waals surface area contributed by atoms with Gasteiger partial charge in [-0.15, -0.1) is 0 Å². The summed E-state index contributed by atoms with van der Waals surface area (Å²) < 4.78 is 1.28. The Hall–Kier alpha value is 0.100. The Balaban J connectivity index is 2.28. The van der Waals surface area contributed by atoms with Crippen LogP contribution in [0.4, 0.5) is 5.69 Å². The topological polar surface area (TPSA) is 12.0 Å². The lowest BCUT2D eigenvalue weighted by atomic mass is 10.3. The predicted octanol–water partition coefficient (Wildman–Crippen LogP) is 3.46. The smallest absolute Gasteiger partial charge is 0.0351 e. The average Bonchev–Trinajstić information content (AvgIpc) is 2.13. The highest BCUT2D eigenvalue weighted by molar-refractivity contribution is 14.1. The third kappa shape index (κ3) is 4.76.